The quantitative estimate of drug-likeness (QED) is 0.715. The van der Waals surface area contributed by atoms with Gasteiger partial charge in [0.15, 0.2) is 0 Å². The summed E-state index contributed by atoms with van der Waals surface area (Å²) in [6.07, 6.45) is 1.67. The fourth-order valence-electron chi connectivity index (χ4n) is 2.52. The minimum Gasteiger partial charge on any atom is -0.494 e. The number of carbonyl (C=O) groups excluding carboxylic acids is 1. The first-order chi connectivity index (χ1) is 12.5. The van der Waals surface area contributed by atoms with E-state index in [-0.39, 0.29) is 12.3 Å². The summed E-state index contributed by atoms with van der Waals surface area (Å²) >= 11 is 0. The summed E-state index contributed by atoms with van der Waals surface area (Å²) in [4.78, 5) is 23.1. The Kier molecular flexibility index (Phi) is 7.21. The predicted octanol–water partition coefficient (Wildman–Crippen LogP) is 3.92. The molecule has 2 aromatic rings. The number of hydrogen-bond acceptors (Lipinski definition) is 3. The number of aliphatic carboxylic acids is 1. The Balaban J connectivity index is 1.90. The van der Waals surface area contributed by atoms with Gasteiger partial charge in [-0.05, 0) is 48.2 Å². The lowest BCUT2D eigenvalue weighted by Crippen LogP contribution is -2.15. The lowest BCUT2D eigenvalue weighted by atomic mass is 10.0. The van der Waals surface area contributed by atoms with Crippen molar-refractivity contribution >= 4 is 17.6 Å². The summed E-state index contributed by atoms with van der Waals surface area (Å²) in [6.45, 7) is 4.38. The highest BCUT2D eigenvalue weighted by Crippen LogP contribution is 2.16. The molecule has 5 nitrogen and oxygen atoms in total. The van der Waals surface area contributed by atoms with E-state index in [0.29, 0.717) is 18.7 Å². The molecule has 26 heavy (non-hydrogen) atoms. The number of ether oxygens (including phenoxy) is 1. The molecule has 0 bridgehead atoms. The van der Waals surface area contributed by atoms with Gasteiger partial charge in [-0.1, -0.05) is 38.1 Å². The van der Waals surface area contributed by atoms with Crippen molar-refractivity contribution in [2.45, 2.75) is 33.1 Å². The Morgan fingerprint density at radius 1 is 1.12 bits per heavy atom. The van der Waals surface area contributed by atoms with E-state index in [2.05, 4.69) is 5.32 Å². The van der Waals surface area contributed by atoms with E-state index in [9.17, 15) is 9.59 Å². The minimum absolute atomic E-state index is 0.107. The van der Waals surface area contributed by atoms with E-state index in [0.717, 1.165) is 23.3 Å². The van der Waals surface area contributed by atoms with Crippen LogP contribution in [0, 0.1) is 5.92 Å². The maximum atomic E-state index is 12.2. The second-order valence-corrected chi connectivity index (χ2v) is 6.36. The average Bonchev–Trinajstić information content (AvgIpc) is 2.61. The second kappa shape index (κ2) is 9.61. The normalized spacial score (nSPS) is 11.6. The number of carboxylic acid groups (broad SMARTS) is 1. The smallest absolute Gasteiger partial charge is 0.306 e. The highest BCUT2D eigenvalue weighted by Gasteiger charge is 2.11. The van der Waals surface area contributed by atoms with Crippen LogP contribution in [0.15, 0.2) is 48.5 Å². The zero-order chi connectivity index (χ0) is 18.9. The topological polar surface area (TPSA) is 75.6 Å². The molecule has 1 atom stereocenters. The molecule has 0 aliphatic rings. The van der Waals surface area contributed by atoms with E-state index in [1.807, 2.05) is 43.3 Å². The highest BCUT2D eigenvalue weighted by atomic mass is 16.5. The van der Waals surface area contributed by atoms with Crippen molar-refractivity contribution in [1.82, 2.24) is 0 Å². The van der Waals surface area contributed by atoms with E-state index >= 15 is 0 Å². The van der Waals surface area contributed by atoms with Gasteiger partial charge >= 0.3 is 5.97 Å². The SMILES string of the molecule is CCCOc1cccc(CC(=O)Nc2ccc(CC(C)C(=O)O)cc2)c1. The maximum absolute atomic E-state index is 12.2. The summed E-state index contributed by atoms with van der Waals surface area (Å²) in [5, 5.41) is 11.8. The maximum Gasteiger partial charge on any atom is 0.306 e. The van der Waals surface area contributed by atoms with Crippen molar-refractivity contribution in [1.29, 1.82) is 0 Å². The number of hydrogen-bond donors (Lipinski definition) is 2. The predicted molar refractivity (Wildman–Crippen MR) is 102 cm³/mol. The first kappa shape index (κ1) is 19.5. The van der Waals surface area contributed by atoms with Gasteiger partial charge < -0.3 is 15.2 Å². The number of carbonyl (C=O) groups is 2. The summed E-state index contributed by atoms with van der Waals surface area (Å²) in [5.74, 6) is -0.580. The number of anilines is 1. The molecule has 1 amide bonds. The summed E-state index contributed by atoms with van der Waals surface area (Å²) in [7, 11) is 0. The molecule has 0 spiro atoms. The van der Waals surface area contributed by atoms with E-state index in [4.69, 9.17) is 9.84 Å². The minimum atomic E-state index is -0.812. The molecule has 0 fully saturated rings. The van der Waals surface area contributed by atoms with Crippen molar-refractivity contribution in [3.05, 3.63) is 59.7 Å². The lowest BCUT2D eigenvalue weighted by molar-refractivity contribution is -0.141. The molecule has 2 aromatic carbocycles. The third-order valence-electron chi connectivity index (χ3n) is 3.94. The Hall–Kier alpha value is -2.82. The number of rotatable bonds is 9. The standard InChI is InChI=1S/C21H25NO4/c1-3-11-26-19-6-4-5-17(13-19)14-20(23)22-18-9-7-16(8-10-18)12-15(2)21(24)25/h4-10,13,15H,3,11-12,14H2,1-2H3,(H,22,23)(H,24,25). The van der Waals surface area contributed by atoms with Gasteiger partial charge in [0.1, 0.15) is 5.75 Å². The van der Waals surface area contributed by atoms with Crippen molar-refractivity contribution < 1.29 is 19.4 Å². The molecule has 0 radical (unpaired) electrons. The highest BCUT2D eigenvalue weighted by molar-refractivity contribution is 5.92. The van der Waals surface area contributed by atoms with Crippen LogP contribution in [0.3, 0.4) is 0 Å². The molecule has 1 unspecified atom stereocenters. The van der Waals surface area contributed by atoms with Gasteiger partial charge in [0, 0.05) is 5.69 Å². The largest absolute Gasteiger partial charge is 0.494 e. The summed E-state index contributed by atoms with van der Waals surface area (Å²) in [6, 6.07) is 14.8. The molecule has 0 saturated heterocycles. The molecule has 2 rings (SSSR count). The number of amides is 1. The average molecular weight is 355 g/mol. The number of nitrogens with one attached hydrogen (secondary N) is 1. The molecule has 0 saturated carbocycles. The molecule has 0 aliphatic heterocycles. The second-order valence-electron chi connectivity index (χ2n) is 6.36. The van der Waals surface area contributed by atoms with Crippen molar-refractivity contribution in [3.8, 4) is 5.75 Å². The Labute approximate surface area is 154 Å². The van der Waals surface area contributed by atoms with Crippen molar-refractivity contribution in [2.75, 3.05) is 11.9 Å². The van der Waals surface area contributed by atoms with Crippen LogP contribution in [0.1, 0.15) is 31.4 Å². The molecular formula is C21H25NO4. The van der Waals surface area contributed by atoms with Gasteiger partial charge in [-0.2, -0.15) is 0 Å². The third-order valence-corrected chi connectivity index (χ3v) is 3.94. The van der Waals surface area contributed by atoms with Crippen LogP contribution in [-0.4, -0.2) is 23.6 Å². The Morgan fingerprint density at radius 2 is 1.85 bits per heavy atom. The van der Waals surface area contributed by atoms with Gasteiger partial charge in [0.2, 0.25) is 5.91 Å². The monoisotopic (exact) mass is 355 g/mol. The van der Waals surface area contributed by atoms with Crippen LogP contribution in [-0.2, 0) is 22.4 Å². The fraction of sp³-hybridized carbons (Fsp3) is 0.333. The summed E-state index contributed by atoms with van der Waals surface area (Å²) < 4.78 is 5.58. The number of benzene rings is 2. The first-order valence-corrected chi connectivity index (χ1v) is 8.81. The van der Waals surface area contributed by atoms with Crippen LogP contribution in [0.2, 0.25) is 0 Å². The van der Waals surface area contributed by atoms with E-state index in [1.54, 1.807) is 19.1 Å². The van der Waals surface area contributed by atoms with Crippen LogP contribution >= 0.6 is 0 Å². The Bertz CT molecular complexity index is 740. The molecule has 0 aliphatic carbocycles. The van der Waals surface area contributed by atoms with Crippen molar-refractivity contribution in [2.24, 2.45) is 5.92 Å². The molecule has 0 aromatic heterocycles. The zero-order valence-electron chi connectivity index (χ0n) is 15.2. The molecular weight excluding hydrogens is 330 g/mol. The van der Waals surface area contributed by atoms with Gasteiger partial charge in [0.05, 0.1) is 18.9 Å². The van der Waals surface area contributed by atoms with Gasteiger partial charge in [-0.25, -0.2) is 0 Å². The van der Waals surface area contributed by atoms with Crippen molar-refractivity contribution in [3.63, 3.8) is 0 Å². The van der Waals surface area contributed by atoms with Gasteiger partial charge in [0.25, 0.3) is 0 Å². The van der Waals surface area contributed by atoms with E-state index in [1.165, 1.54) is 0 Å². The molecule has 5 heteroatoms. The molecule has 138 valence electrons. The van der Waals surface area contributed by atoms with Crippen LogP contribution in [0.4, 0.5) is 5.69 Å². The third kappa shape index (κ3) is 6.24. The van der Waals surface area contributed by atoms with Gasteiger partial charge in [-0.3, -0.25) is 9.59 Å². The van der Waals surface area contributed by atoms with E-state index < -0.39 is 11.9 Å². The van der Waals surface area contributed by atoms with Gasteiger partial charge in [-0.15, -0.1) is 0 Å². The summed E-state index contributed by atoms with van der Waals surface area (Å²) in [5.41, 5.74) is 2.52. The Morgan fingerprint density at radius 3 is 2.50 bits per heavy atom. The first-order valence-electron chi connectivity index (χ1n) is 8.81. The fourth-order valence-corrected chi connectivity index (χ4v) is 2.52. The number of carboxylic acids is 1. The molecule has 2 N–H and O–H groups in total. The van der Waals surface area contributed by atoms with Crippen LogP contribution in [0.25, 0.3) is 0 Å². The van der Waals surface area contributed by atoms with Crippen LogP contribution in [0.5, 0.6) is 5.75 Å². The molecule has 0 heterocycles. The zero-order valence-corrected chi connectivity index (χ0v) is 15.2. The lowest BCUT2D eigenvalue weighted by Gasteiger charge is -2.09. The van der Waals surface area contributed by atoms with Crippen LogP contribution < -0.4 is 10.1 Å².